The SMILES string of the molecule is CC1CCN(Cc2cccc(Cl)n2)CC1CN. The van der Waals surface area contributed by atoms with Gasteiger partial charge in [0.25, 0.3) is 0 Å². The summed E-state index contributed by atoms with van der Waals surface area (Å²) in [4.78, 5) is 6.76. The molecule has 0 amide bonds. The predicted octanol–water partition coefficient (Wildman–Crippen LogP) is 2.15. The molecular formula is C13H20ClN3. The molecular weight excluding hydrogens is 234 g/mol. The van der Waals surface area contributed by atoms with Gasteiger partial charge in [-0.05, 0) is 43.5 Å². The van der Waals surface area contributed by atoms with E-state index in [1.807, 2.05) is 18.2 Å². The first-order chi connectivity index (χ1) is 8.19. The van der Waals surface area contributed by atoms with Gasteiger partial charge in [0, 0.05) is 13.1 Å². The molecule has 1 aliphatic rings. The van der Waals surface area contributed by atoms with E-state index in [0.29, 0.717) is 11.1 Å². The zero-order chi connectivity index (χ0) is 12.3. The molecule has 0 bridgehead atoms. The Labute approximate surface area is 108 Å². The molecule has 1 fully saturated rings. The number of likely N-dealkylation sites (tertiary alicyclic amines) is 1. The number of nitrogens with two attached hydrogens (primary N) is 1. The second kappa shape index (κ2) is 5.80. The van der Waals surface area contributed by atoms with Crippen molar-refractivity contribution in [2.45, 2.75) is 19.9 Å². The number of pyridine rings is 1. The summed E-state index contributed by atoms with van der Waals surface area (Å²) in [6.07, 6.45) is 1.22. The molecule has 0 aliphatic carbocycles. The molecule has 2 unspecified atom stereocenters. The fraction of sp³-hybridized carbons (Fsp3) is 0.615. The van der Waals surface area contributed by atoms with E-state index in [1.165, 1.54) is 6.42 Å². The molecule has 0 saturated carbocycles. The molecule has 2 N–H and O–H groups in total. The summed E-state index contributed by atoms with van der Waals surface area (Å²) < 4.78 is 0. The van der Waals surface area contributed by atoms with Gasteiger partial charge in [-0.3, -0.25) is 4.90 Å². The van der Waals surface area contributed by atoms with Crippen molar-refractivity contribution in [2.75, 3.05) is 19.6 Å². The summed E-state index contributed by atoms with van der Waals surface area (Å²) in [5, 5.41) is 0.572. The lowest BCUT2D eigenvalue weighted by Crippen LogP contribution is -2.42. The first kappa shape index (κ1) is 12.8. The van der Waals surface area contributed by atoms with Gasteiger partial charge in [0.1, 0.15) is 5.15 Å². The van der Waals surface area contributed by atoms with Crippen LogP contribution in [-0.4, -0.2) is 29.5 Å². The number of hydrogen-bond acceptors (Lipinski definition) is 3. The first-order valence-corrected chi connectivity index (χ1v) is 6.60. The minimum absolute atomic E-state index is 0.572. The summed E-state index contributed by atoms with van der Waals surface area (Å²) in [6.45, 7) is 6.16. The van der Waals surface area contributed by atoms with Crippen LogP contribution >= 0.6 is 11.6 Å². The Morgan fingerprint density at radius 3 is 3.06 bits per heavy atom. The fourth-order valence-electron chi connectivity index (χ4n) is 2.44. The van der Waals surface area contributed by atoms with Crippen LogP contribution in [0.4, 0.5) is 0 Å². The van der Waals surface area contributed by atoms with Gasteiger partial charge in [-0.2, -0.15) is 0 Å². The first-order valence-electron chi connectivity index (χ1n) is 6.23. The van der Waals surface area contributed by atoms with Crippen molar-refractivity contribution in [3.63, 3.8) is 0 Å². The summed E-state index contributed by atoms with van der Waals surface area (Å²) in [5.74, 6) is 1.35. The Morgan fingerprint density at radius 1 is 1.53 bits per heavy atom. The predicted molar refractivity (Wildman–Crippen MR) is 70.8 cm³/mol. The molecule has 2 atom stereocenters. The van der Waals surface area contributed by atoms with Gasteiger partial charge in [-0.15, -0.1) is 0 Å². The topological polar surface area (TPSA) is 42.2 Å². The van der Waals surface area contributed by atoms with Crippen molar-refractivity contribution in [2.24, 2.45) is 17.6 Å². The van der Waals surface area contributed by atoms with Gasteiger partial charge in [-0.1, -0.05) is 24.6 Å². The van der Waals surface area contributed by atoms with E-state index in [2.05, 4.69) is 16.8 Å². The molecule has 1 aromatic heterocycles. The van der Waals surface area contributed by atoms with Crippen LogP contribution in [0, 0.1) is 11.8 Å². The second-order valence-electron chi connectivity index (χ2n) is 4.95. The van der Waals surface area contributed by atoms with Crippen molar-refractivity contribution < 1.29 is 0 Å². The standard InChI is InChI=1S/C13H20ClN3/c1-10-5-6-17(8-11(10)7-15)9-12-3-2-4-13(14)16-12/h2-4,10-11H,5-9,15H2,1H3. The Kier molecular flexibility index (Phi) is 4.37. The number of halogens is 1. The van der Waals surface area contributed by atoms with Crippen LogP contribution in [0.3, 0.4) is 0 Å². The van der Waals surface area contributed by atoms with E-state index in [-0.39, 0.29) is 0 Å². The molecule has 94 valence electrons. The minimum atomic E-state index is 0.572. The van der Waals surface area contributed by atoms with E-state index < -0.39 is 0 Å². The highest BCUT2D eigenvalue weighted by Gasteiger charge is 2.25. The lowest BCUT2D eigenvalue weighted by atomic mass is 9.87. The van der Waals surface area contributed by atoms with Crippen molar-refractivity contribution in [3.05, 3.63) is 29.0 Å². The average Bonchev–Trinajstić information content (AvgIpc) is 2.32. The average molecular weight is 254 g/mol. The number of hydrogen-bond donors (Lipinski definition) is 1. The van der Waals surface area contributed by atoms with Crippen molar-refractivity contribution in [1.82, 2.24) is 9.88 Å². The Morgan fingerprint density at radius 2 is 2.35 bits per heavy atom. The van der Waals surface area contributed by atoms with Crippen molar-refractivity contribution in [3.8, 4) is 0 Å². The van der Waals surface area contributed by atoms with Crippen LogP contribution in [0.25, 0.3) is 0 Å². The van der Waals surface area contributed by atoms with E-state index in [1.54, 1.807) is 0 Å². The highest BCUT2D eigenvalue weighted by molar-refractivity contribution is 6.29. The summed E-state index contributed by atoms with van der Waals surface area (Å²) in [5.41, 5.74) is 6.85. The summed E-state index contributed by atoms with van der Waals surface area (Å²) >= 11 is 5.89. The molecule has 3 nitrogen and oxygen atoms in total. The fourth-order valence-corrected chi connectivity index (χ4v) is 2.62. The molecule has 0 radical (unpaired) electrons. The lowest BCUT2D eigenvalue weighted by molar-refractivity contribution is 0.125. The monoisotopic (exact) mass is 253 g/mol. The smallest absolute Gasteiger partial charge is 0.129 e. The summed E-state index contributed by atoms with van der Waals surface area (Å²) in [7, 11) is 0. The third kappa shape index (κ3) is 3.41. The van der Waals surface area contributed by atoms with E-state index in [0.717, 1.165) is 37.8 Å². The molecule has 17 heavy (non-hydrogen) atoms. The summed E-state index contributed by atoms with van der Waals surface area (Å²) in [6, 6.07) is 5.80. The molecule has 1 saturated heterocycles. The van der Waals surface area contributed by atoms with Gasteiger partial charge < -0.3 is 5.73 Å². The van der Waals surface area contributed by atoms with Gasteiger partial charge in [-0.25, -0.2) is 4.98 Å². The zero-order valence-corrected chi connectivity index (χ0v) is 11.0. The number of piperidine rings is 1. The van der Waals surface area contributed by atoms with Crippen LogP contribution in [0.15, 0.2) is 18.2 Å². The third-order valence-electron chi connectivity index (χ3n) is 3.66. The molecule has 4 heteroatoms. The van der Waals surface area contributed by atoms with Crippen molar-refractivity contribution >= 4 is 11.6 Å². The van der Waals surface area contributed by atoms with Gasteiger partial charge in [0.15, 0.2) is 0 Å². The zero-order valence-electron chi connectivity index (χ0n) is 10.3. The maximum atomic E-state index is 5.89. The number of nitrogens with zero attached hydrogens (tertiary/aromatic N) is 2. The van der Waals surface area contributed by atoms with Crippen LogP contribution < -0.4 is 5.73 Å². The minimum Gasteiger partial charge on any atom is -0.330 e. The maximum absolute atomic E-state index is 5.89. The molecule has 0 spiro atoms. The highest BCUT2D eigenvalue weighted by atomic mass is 35.5. The molecule has 1 aliphatic heterocycles. The molecule has 2 rings (SSSR count). The molecule has 2 heterocycles. The van der Waals surface area contributed by atoms with Gasteiger partial charge in [0.2, 0.25) is 0 Å². The second-order valence-corrected chi connectivity index (χ2v) is 5.34. The highest BCUT2D eigenvalue weighted by Crippen LogP contribution is 2.23. The van der Waals surface area contributed by atoms with E-state index in [4.69, 9.17) is 17.3 Å². The van der Waals surface area contributed by atoms with Gasteiger partial charge in [0.05, 0.1) is 5.69 Å². The van der Waals surface area contributed by atoms with Crippen LogP contribution in [0.1, 0.15) is 19.0 Å². The Hall–Kier alpha value is -0.640. The van der Waals surface area contributed by atoms with Crippen LogP contribution in [0.5, 0.6) is 0 Å². The van der Waals surface area contributed by atoms with Crippen LogP contribution in [-0.2, 0) is 6.54 Å². The number of aromatic nitrogens is 1. The van der Waals surface area contributed by atoms with Crippen molar-refractivity contribution in [1.29, 1.82) is 0 Å². The quantitative estimate of drug-likeness (QED) is 0.840. The normalized spacial score (nSPS) is 26.1. The Balaban J connectivity index is 1.95. The van der Waals surface area contributed by atoms with E-state index in [9.17, 15) is 0 Å². The van der Waals surface area contributed by atoms with E-state index >= 15 is 0 Å². The molecule has 1 aromatic rings. The lowest BCUT2D eigenvalue weighted by Gasteiger charge is -2.36. The largest absolute Gasteiger partial charge is 0.330 e. The third-order valence-corrected chi connectivity index (χ3v) is 3.87. The van der Waals surface area contributed by atoms with Crippen LogP contribution in [0.2, 0.25) is 5.15 Å². The molecule has 0 aromatic carbocycles. The van der Waals surface area contributed by atoms with Gasteiger partial charge >= 0.3 is 0 Å². The number of rotatable bonds is 3. The maximum Gasteiger partial charge on any atom is 0.129 e. The Bertz CT molecular complexity index is 369.